The van der Waals surface area contributed by atoms with Crippen LogP contribution < -0.4 is 5.63 Å². The standard InChI is InChI=1S/C20H14O5/c1-24-19(22)16-12-15(17(21)13-8-4-2-5-9-13)18(25-20(16)23)14-10-6-3-7-11-14/h2-12H,1H3. The fourth-order valence-corrected chi connectivity index (χ4v) is 2.44. The number of ether oxygens (including phenoxy) is 1. The molecule has 0 radical (unpaired) electrons. The summed E-state index contributed by atoms with van der Waals surface area (Å²) in [6.07, 6.45) is 0. The number of rotatable bonds is 4. The van der Waals surface area contributed by atoms with Gasteiger partial charge < -0.3 is 9.15 Å². The summed E-state index contributed by atoms with van der Waals surface area (Å²) < 4.78 is 9.91. The number of hydrogen-bond acceptors (Lipinski definition) is 5. The van der Waals surface area contributed by atoms with E-state index in [1.807, 2.05) is 6.07 Å². The summed E-state index contributed by atoms with van der Waals surface area (Å²) in [5, 5.41) is 0. The molecule has 0 saturated heterocycles. The first-order chi connectivity index (χ1) is 12.1. The summed E-state index contributed by atoms with van der Waals surface area (Å²) >= 11 is 0. The highest BCUT2D eigenvalue weighted by Crippen LogP contribution is 2.25. The molecule has 1 heterocycles. The minimum Gasteiger partial charge on any atom is -0.465 e. The van der Waals surface area contributed by atoms with Crippen LogP contribution in [0.1, 0.15) is 26.3 Å². The van der Waals surface area contributed by atoms with Gasteiger partial charge in [0.15, 0.2) is 5.78 Å². The Labute approximate surface area is 143 Å². The van der Waals surface area contributed by atoms with E-state index in [2.05, 4.69) is 4.74 Å². The van der Waals surface area contributed by atoms with Crippen LogP contribution in [0.3, 0.4) is 0 Å². The summed E-state index contributed by atoms with van der Waals surface area (Å²) in [4.78, 5) is 36.8. The molecule has 3 rings (SSSR count). The fraction of sp³-hybridized carbons (Fsp3) is 0.0500. The highest BCUT2D eigenvalue weighted by Gasteiger charge is 2.23. The zero-order chi connectivity index (χ0) is 17.8. The zero-order valence-electron chi connectivity index (χ0n) is 13.4. The van der Waals surface area contributed by atoms with E-state index >= 15 is 0 Å². The maximum absolute atomic E-state index is 12.9. The monoisotopic (exact) mass is 334 g/mol. The summed E-state index contributed by atoms with van der Waals surface area (Å²) in [6.45, 7) is 0. The second-order valence-electron chi connectivity index (χ2n) is 5.24. The SMILES string of the molecule is COC(=O)c1cc(C(=O)c2ccccc2)c(-c2ccccc2)oc1=O. The van der Waals surface area contributed by atoms with Crippen molar-refractivity contribution in [2.45, 2.75) is 0 Å². The number of benzene rings is 2. The second-order valence-corrected chi connectivity index (χ2v) is 5.24. The van der Waals surface area contributed by atoms with Gasteiger partial charge in [-0.3, -0.25) is 4.79 Å². The Morgan fingerprint density at radius 1 is 0.880 bits per heavy atom. The third-order valence-corrected chi connectivity index (χ3v) is 3.67. The molecule has 2 aromatic carbocycles. The van der Waals surface area contributed by atoms with E-state index in [1.54, 1.807) is 54.6 Å². The Hall–Kier alpha value is -3.47. The van der Waals surface area contributed by atoms with Crippen molar-refractivity contribution < 1.29 is 18.7 Å². The van der Waals surface area contributed by atoms with Crippen LogP contribution >= 0.6 is 0 Å². The van der Waals surface area contributed by atoms with Gasteiger partial charge in [-0.1, -0.05) is 60.7 Å². The van der Waals surface area contributed by atoms with E-state index in [9.17, 15) is 14.4 Å². The first-order valence-electron chi connectivity index (χ1n) is 7.53. The molecule has 0 saturated carbocycles. The van der Waals surface area contributed by atoms with Crippen LogP contribution in [0.5, 0.6) is 0 Å². The summed E-state index contributed by atoms with van der Waals surface area (Å²) in [5.41, 5.74) is -0.0613. The first-order valence-corrected chi connectivity index (χ1v) is 7.53. The molecule has 0 spiro atoms. The number of carbonyl (C=O) groups excluding carboxylic acids is 2. The normalized spacial score (nSPS) is 10.3. The van der Waals surface area contributed by atoms with E-state index in [4.69, 9.17) is 4.42 Å². The van der Waals surface area contributed by atoms with E-state index < -0.39 is 11.6 Å². The minimum absolute atomic E-state index is 0.118. The maximum atomic E-state index is 12.9. The van der Waals surface area contributed by atoms with Gasteiger partial charge in [0.05, 0.1) is 12.7 Å². The van der Waals surface area contributed by atoms with Crippen LogP contribution in [0, 0.1) is 0 Å². The number of esters is 1. The highest BCUT2D eigenvalue weighted by atomic mass is 16.5. The molecule has 0 fully saturated rings. The van der Waals surface area contributed by atoms with Crippen molar-refractivity contribution in [3.05, 3.63) is 93.8 Å². The van der Waals surface area contributed by atoms with E-state index in [0.717, 1.165) is 7.11 Å². The molecule has 1 aromatic heterocycles. The van der Waals surface area contributed by atoms with Gasteiger partial charge >= 0.3 is 11.6 Å². The molecule has 0 N–H and O–H groups in total. The van der Waals surface area contributed by atoms with Gasteiger partial charge in [-0.25, -0.2) is 9.59 Å². The molecule has 0 amide bonds. The predicted molar refractivity (Wildman–Crippen MR) is 91.6 cm³/mol. The number of ketones is 1. The largest absolute Gasteiger partial charge is 0.465 e. The number of methoxy groups -OCH3 is 1. The molecule has 5 nitrogen and oxygen atoms in total. The van der Waals surface area contributed by atoms with Crippen LogP contribution in [0.2, 0.25) is 0 Å². The molecular formula is C20H14O5. The minimum atomic E-state index is -0.852. The van der Waals surface area contributed by atoms with Crippen molar-refractivity contribution in [2.75, 3.05) is 7.11 Å². The molecule has 3 aromatic rings. The van der Waals surface area contributed by atoms with Crippen LogP contribution in [0.4, 0.5) is 0 Å². The summed E-state index contributed by atoms with van der Waals surface area (Å²) in [7, 11) is 1.16. The zero-order valence-corrected chi connectivity index (χ0v) is 13.4. The van der Waals surface area contributed by atoms with E-state index in [-0.39, 0.29) is 22.7 Å². The lowest BCUT2D eigenvalue weighted by atomic mass is 9.98. The summed E-state index contributed by atoms with van der Waals surface area (Å²) in [5.74, 6) is -1.09. The van der Waals surface area contributed by atoms with Gasteiger partial charge in [0.1, 0.15) is 11.3 Å². The molecular weight excluding hydrogens is 320 g/mol. The first kappa shape index (κ1) is 16.4. The lowest BCUT2D eigenvalue weighted by Crippen LogP contribution is -2.18. The molecule has 0 aliphatic rings. The third-order valence-electron chi connectivity index (χ3n) is 3.67. The van der Waals surface area contributed by atoms with Gasteiger partial charge in [-0.05, 0) is 6.07 Å². The Morgan fingerprint density at radius 2 is 1.48 bits per heavy atom. The molecule has 124 valence electrons. The maximum Gasteiger partial charge on any atom is 0.351 e. The molecule has 5 heteroatoms. The Morgan fingerprint density at radius 3 is 2.08 bits per heavy atom. The Kier molecular flexibility index (Phi) is 4.57. The average molecular weight is 334 g/mol. The van der Waals surface area contributed by atoms with Crippen LogP contribution in [0.15, 0.2) is 75.9 Å². The van der Waals surface area contributed by atoms with Gasteiger partial charge in [0, 0.05) is 11.1 Å². The fourth-order valence-electron chi connectivity index (χ4n) is 2.44. The molecule has 0 atom stereocenters. The van der Waals surface area contributed by atoms with E-state index in [1.165, 1.54) is 6.07 Å². The van der Waals surface area contributed by atoms with Gasteiger partial charge in [-0.15, -0.1) is 0 Å². The molecule has 0 aliphatic carbocycles. The van der Waals surface area contributed by atoms with Gasteiger partial charge in [0.2, 0.25) is 0 Å². The van der Waals surface area contributed by atoms with Gasteiger partial charge in [0.25, 0.3) is 0 Å². The third kappa shape index (κ3) is 3.26. The van der Waals surface area contributed by atoms with Crippen LogP contribution in [-0.2, 0) is 4.74 Å². The van der Waals surface area contributed by atoms with Crippen molar-refractivity contribution in [1.29, 1.82) is 0 Å². The second kappa shape index (κ2) is 6.97. The van der Waals surface area contributed by atoms with Gasteiger partial charge in [-0.2, -0.15) is 0 Å². The smallest absolute Gasteiger partial charge is 0.351 e. The Balaban J connectivity index is 2.24. The topological polar surface area (TPSA) is 73.6 Å². The Bertz CT molecular complexity index is 972. The van der Waals surface area contributed by atoms with Crippen molar-refractivity contribution >= 4 is 11.8 Å². The number of hydrogen-bond donors (Lipinski definition) is 0. The molecule has 25 heavy (non-hydrogen) atoms. The van der Waals surface area contributed by atoms with Crippen molar-refractivity contribution in [3.8, 4) is 11.3 Å². The van der Waals surface area contributed by atoms with Crippen LogP contribution in [-0.4, -0.2) is 18.9 Å². The predicted octanol–water partition coefficient (Wildman–Crippen LogP) is 3.32. The van der Waals surface area contributed by atoms with Crippen molar-refractivity contribution in [2.24, 2.45) is 0 Å². The lowest BCUT2D eigenvalue weighted by molar-refractivity contribution is 0.0595. The van der Waals surface area contributed by atoms with Crippen molar-refractivity contribution in [1.82, 2.24) is 0 Å². The van der Waals surface area contributed by atoms with Crippen LogP contribution in [0.25, 0.3) is 11.3 Å². The lowest BCUT2D eigenvalue weighted by Gasteiger charge is -2.09. The molecule has 0 unspecified atom stereocenters. The molecule has 0 aliphatic heterocycles. The van der Waals surface area contributed by atoms with E-state index in [0.29, 0.717) is 11.1 Å². The molecule has 0 bridgehead atoms. The van der Waals surface area contributed by atoms with Crippen molar-refractivity contribution in [3.63, 3.8) is 0 Å². The number of carbonyl (C=O) groups is 2. The average Bonchev–Trinajstić information content (AvgIpc) is 2.68. The highest BCUT2D eigenvalue weighted by molar-refractivity contribution is 6.12. The summed E-state index contributed by atoms with van der Waals surface area (Å²) in [6, 6.07) is 18.6. The quantitative estimate of drug-likeness (QED) is 0.540.